The Morgan fingerprint density at radius 2 is 2.07 bits per heavy atom. The van der Waals surface area contributed by atoms with Crippen molar-refractivity contribution in [2.24, 2.45) is 10.9 Å². The zero-order valence-corrected chi connectivity index (χ0v) is 21.7. The molecule has 0 radical (unpaired) electrons. The molecule has 2 unspecified atom stereocenters. The summed E-state index contributed by atoms with van der Waals surface area (Å²) in [4.78, 5) is 11.0. The van der Waals surface area contributed by atoms with E-state index in [2.05, 4.69) is 90.3 Å². The van der Waals surface area contributed by atoms with Crippen LogP contribution < -0.4 is 15.5 Å². The van der Waals surface area contributed by atoms with Crippen molar-refractivity contribution in [1.29, 1.82) is 0 Å². The molecule has 1 aromatic carbocycles. The molecule has 5 nitrogen and oxygen atoms in total. The van der Waals surface area contributed by atoms with Gasteiger partial charge in [0.15, 0.2) is 5.96 Å². The minimum absolute atomic E-state index is 0. The van der Waals surface area contributed by atoms with Gasteiger partial charge >= 0.3 is 0 Å². The number of likely N-dealkylation sites (tertiary alicyclic amines) is 1. The van der Waals surface area contributed by atoms with E-state index in [9.17, 15) is 0 Å². The molecule has 0 amide bonds. The Kier molecular flexibility index (Phi) is 10.4. The van der Waals surface area contributed by atoms with Crippen LogP contribution in [0.25, 0.3) is 0 Å². The maximum absolute atomic E-state index is 4.84. The predicted octanol–water partition coefficient (Wildman–Crippen LogP) is 4.57. The number of guanidine groups is 1. The summed E-state index contributed by atoms with van der Waals surface area (Å²) in [5.74, 6) is 1.49. The highest BCUT2D eigenvalue weighted by Crippen LogP contribution is 2.36. The zero-order valence-electron chi connectivity index (χ0n) is 18.6. The third-order valence-electron chi connectivity index (χ3n) is 5.56. The van der Waals surface area contributed by atoms with Gasteiger partial charge in [0.25, 0.3) is 0 Å². The molecule has 0 saturated carbocycles. The number of nitrogens with one attached hydrogen (secondary N) is 2. The fourth-order valence-corrected chi connectivity index (χ4v) is 5.04. The maximum atomic E-state index is 4.84. The monoisotopic (exact) mass is 541 g/mol. The van der Waals surface area contributed by atoms with Crippen LogP contribution in [-0.4, -0.2) is 51.6 Å². The minimum atomic E-state index is 0. The number of thiophene rings is 1. The fourth-order valence-electron chi connectivity index (χ4n) is 4.06. The molecule has 2 N–H and O–H groups in total. The van der Waals surface area contributed by atoms with Crippen molar-refractivity contribution in [2.45, 2.75) is 32.4 Å². The van der Waals surface area contributed by atoms with Crippen LogP contribution in [-0.2, 0) is 6.54 Å². The first-order chi connectivity index (χ1) is 14.1. The largest absolute Gasteiger partial charge is 0.378 e. The first-order valence-electron chi connectivity index (χ1n) is 10.6. The van der Waals surface area contributed by atoms with E-state index in [0.717, 1.165) is 19.0 Å². The van der Waals surface area contributed by atoms with Gasteiger partial charge in [-0.3, -0.25) is 4.90 Å². The number of benzene rings is 1. The van der Waals surface area contributed by atoms with Gasteiger partial charge in [0.2, 0.25) is 0 Å². The molecule has 2 aromatic rings. The highest BCUT2D eigenvalue weighted by molar-refractivity contribution is 14.0. The van der Waals surface area contributed by atoms with E-state index in [-0.39, 0.29) is 24.0 Å². The van der Waals surface area contributed by atoms with Crippen molar-refractivity contribution in [1.82, 2.24) is 15.5 Å². The maximum Gasteiger partial charge on any atom is 0.191 e. The van der Waals surface area contributed by atoms with Crippen LogP contribution in [0.5, 0.6) is 0 Å². The van der Waals surface area contributed by atoms with Gasteiger partial charge in [-0.05, 0) is 68.4 Å². The highest BCUT2D eigenvalue weighted by Gasteiger charge is 2.31. The Morgan fingerprint density at radius 3 is 2.77 bits per heavy atom. The molecule has 1 aliphatic rings. The van der Waals surface area contributed by atoms with Gasteiger partial charge in [0, 0.05) is 43.8 Å². The molecule has 30 heavy (non-hydrogen) atoms. The van der Waals surface area contributed by atoms with Crippen molar-refractivity contribution in [3.05, 3.63) is 52.2 Å². The van der Waals surface area contributed by atoms with Crippen molar-refractivity contribution in [3.63, 3.8) is 0 Å². The lowest BCUT2D eigenvalue weighted by Gasteiger charge is -2.39. The lowest BCUT2D eigenvalue weighted by Crippen LogP contribution is -2.44. The number of anilines is 1. The number of halogens is 1. The predicted molar refractivity (Wildman–Crippen MR) is 141 cm³/mol. The van der Waals surface area contributed by atoms with E-state index >= 15 is 0 Å². The minimum Gasteiger partial charge on any atom is -0.378 e. The molecule has 0 spiro atoms. The van der Waals surface area contributed by atoms with Gasteiger partial charge in [-0.2, -0.15) is 0 Å². The second-order valence-corrected chi connectivity index (χ2v) is 8.96. The second kappa shape index (κ2) is 12.5. The smallest absolute Gasteiger partial charge is 0.191 e. The molecule has 7 heteroatoms. The molecule has 0 bridgehead atoms. The quantitative estimate of drug-likeness (QED) is 0.306. The summed E-state index contributed by atoms with van der Waals surface area (Å²) >= 11 is 1.87. The molecule has 0 aliphatic carbocycles. The summed E-state index contributed by atoms with van der Waals surface area (Å²) in [6.07, 6.45) is 2.51. The van der Waals surface area contributed by atoms with E-state index in [4.69, 9.17) is 4.99 Å². The van der Waals surface area contributed by atoms with Crippen LogP contribution in [0.15, 0.2) is 46.8 Å². The number of nitrogens with zero attached hydrogens (tertiary/aromatic N) is 3. The molecule has 1 aromatic heterocycles. The van der Waals surface area contributed by atoms with Gasteiger partial charge in [-0.15, -0.1) is 35.3 Å². The van der Waals surface area contributed by atoms with Gasteiger partial charge in [0.1, 0.15) is 0 Å². The Hall–Kier alpha value is -1.32. The van der Waals surface area contributed by atoms with Crippen LogP contribution in [0.2, 0.25) is 0 Å². The lowest BCUT2D eigenvalue weighted by molar-refractivity contribution is 0.125. The van der Waals surface area contributed by atoms with E-state index in [1.54, 1.807) is 0 Å². The molecule has 166 valence electrons. The Labute approximate surface area is 203 Å². The summed E-state index contributed by atoms with van der Waals surface area (Å²) in [6, 6.07) is 13.5. The number of rotatable bonds is 7. The zero-order chi connectivity index (χ0) is 20.6. The molecular weight excluding hydrogens is 505 g/mol. The third-order valence-corrected chi connectivity index (χ3v) is 6.51. The highest BCUT2D eigenvalue weighted by atomic mass is 127. The second-order valence-electron chi connectivity index (χ2n) is 7.98. The van der Waals surface area contributed by atoms with Crippen LogP contribution in [0, 0.1) is 5.92 Å². The van der Waals surface area contributed by atoms with Crippen molar-refractivity contribution >= 4 is 47.0 Å². The Morgan fingerprint density at radius 1 is 1.23 bits per heavy atom. The van der Waals surface area contributed by atoms with Crippen LogP contribution in [0.1, 0.15) is 36.2 Å². The molecular formula is C23H36IN5S. The number of hydrogen-bond donors (Lipinski definition) is 2. The summed E-state index contributed by atoms with van der Waals surface area (Å²) in [5, 5.41) is 9.22. The van der Waals surface area contributed by atoms with Gasteiger partial charge in [0.05, 0.1) is 6.54 Å². The molecule has 2 heterocycles. The lowest BCUT2D eigenvalue weighted by atomic mass is 9.88. The van der Waals surface area contributed by atoms with Gasteiger partial charge in [-0.25, -0.2) is 4.99 Å². The summed E-state index contributed by atoms with van der Waals surface area (Å²) < 4.78 is 0. The molecule has 3 rings (SSSR count). The third kappa shape index (κ3) is 6.85. The summed E-state index contributed by atoms with van der Waals surface area (Å²) in [5.41, 5.74) is 2.43. The normalized spacial score (nSPS) is 19.8. The van der Waals surface area contributed by atoms with E-state index in [1.165, 1.54) is 35.5 Å². The summed E-state index contributed by atoms with van der Waals surface area (Å²) in [7, 11) is 6.39. The number of hydrogen-bond acceptors (Lipinski definition) is 4. The van der Waals surface area contributed by atoms with Crippen LogP contribution in [0.3, 0.4) is 0 Å². The SMILES string of the molecule is CCNC(=NCc1cccc(N(C)C)c1)NCC1CCCN(C)C1c1cccs1.I. The number of aliphatic imine (C=N–C) groups is 1. The summed E-state index contributed by atoms with van der Waals surface area (Å²) in [6.45, 7) is 5.77. The first-order valence-corrected chi connectivity index (χ1v) is 11.5. The molecule has 1 saturated heterocycles. The van der Waals surface area contributed by atoms with Gasteiger partial charge < -0.3 is 15.5 Å². The molecule has 1 fully saturated rings. The first kappa shape index (κ1) is 24.9. The Bertz CT molecular complexity index is 778. The fraction of sp³-hybridized carbons (Fsp3) is 0.522. The van der Waals surface area contributed by atoms with E-state index in [0.29, 0.717) is 18.5 Å². The average molecular weight is 542 g/mol. The Balaban J connectivity index is 0.00000320. The topological polar surface area (TPSA) is 42.9 Å². The average Bonchev–Trinajstić information content (AvgIpc) is 3.24. The van der Waals surface area contributed by atoms with Crippen molar-refractivity contribution < 1.29 is 0 Å². The van der Waals surface area contributed by atoms with Crippen molar-refractivity contribution in [3.8, 4) is 0 Å². The van der Waals surface area contributed by atoms with Crippen molar-refractivity contribution in [2.75, 3.05) is 45.7 Å². The van der Waals surface area contributed by atoms with Crippen LogP contribution >= 0.6 is 35.3 Å². The van der Waals surface area contributed by atoms with Crippen LogP contribution in [0.4, 0.5) is 5.69 Å². The standard InChI is InChI=1S/C23H35N5S.HI/c1-5-24-23(25-16-18-9-6-11-20(15-18)27(2)3)26-17-19-10-7-13-28(4)22(19)21-12-8-14-29-21;/h6,8-9,11-12,14-15,19,22H,5,7,10,13,16-17H2,1-4H3,(H2,24,25,26);1H. The molecule has 1 aliphatic heterocycles. The molecule has 2 atom stereocenters. The van der Waals surface area contributed by atoms with E-state index < -0.39 is 0 Å². The van der Waals surface area contributed by atoms with Gasteiger partial charge in [-0.1, -0.05) is 18.2 Å². The van der Waals surface area contributed by atoms with E-state index in [1.807, 2.05) is 11.3 Å². The number of piperidine rings is 1.